The fourth-order valence-electron chi connectivity index (χ4n) is 2.75. The van der Waals surface area contributed by atoms with Crippen LogP contribution in [0, 0.1) is 5.82 Å². The summed E-state index contributed by atoms with van der Waals surface area (Å²) in [4.78, 5) is 4.41. The lowest BCUT2D eigenvalue weighted by molar-refractivity contribution is 0.628. The van der Waals surface area contributed by atoms with Crippen molar-refractivity contribution in [3.05, 3.63) is 89.8 Å². The number of nitrogens with one attached hydrogen (secondary N) is 2. The second-order valence-electron chi connectivity index (χ2n) is 5.84. The first-order valence-corrected chi connectivity index (χ1v) is 8.50. The van der Waals surface area contributed by atoms with E-state index in [0.717, 1.165) is 28.0 Å². The molecule has 0 aliphatic heterocycles. The molecule has 4 rings (SSSR count). The second kappa shape index (κ2) is 7.02. The summed E-state index contributed by atoms with van der Waals surface area (Å²) in [5.41, 5.74) is 4.41. The van der Waals surface area contributed by atoms with E-state index in [9.17, 15) is 4.39 Å². The lowest BCUT2D eigenvalue weighted by Crippen LogP contribution is -1.95. The molecule has 2 N–H and O–H groups in total. The molecule has 0 spiro atoms. The molecule has 3 aromatic carbocycles. The lowest BCUT2D eigenvalue weighted by atomic mass is 10.1. The van der Waals surface area contributed by atoms with Crippen molar-refractivity contribution in [3.63, 3.8) is 0 Å². The summed E-state index contributed by atoms with van der Waals surface area (Å²) < 4.78 is 13.4. The van der Waals surface area contributed by atoms with Crippen LogP contribution in [0.5, 0.6) is 0 Å². The van der Waals surface area contributed by atoms with Gasteiger partial charge in [-0.1, -0.05) is 29.8 Å². The van der Waals surface area contributed by atoms with Crippen molar-refractivity contribution >= 4 is 45.3 Å². The zero-order chi connectivity index (χ0) is 17.9. The van der Waals surface area contributed by atoms with E-state index in [-0.39, 0.29) is 5.02 Å². The maximum Gasteiger partial charge on any atom is 0.141 e. The van der Waals surface area contributed by atoms with Crippen molar-refractivity contribution in [2.75, 3.05) is 10.6 Å². The first-order chi connectivity index (χ1) is 12.7. The molecule has 5 heteroatoms. The molecule has 4 aromatic rings. The van der Waals surface area contributed by atoms with Crippen LogP contribution < -0.4 is 10.6 Å². The number of hydrogen-bond donors (Lipinski definition) is 2. The molecule has 128 valence electrons. The summed E-state index contributed by atoms with van der Waals surface area (Å²) >= 11 is 5.88. The van der Waals surface area contributed by atoms with E-state index in [1.807, 2.05) is 54.6 Å². The maximum atomic E-state index is 13.4. The Bertz CT molecular complexity index is 1070. The molecule has 0 aliphatic rings. The standard InChI is InChI=1S/C21H15ClFN3/c22-18-13-16(6-8-19(18)23)26-21-10-11-24-20-9-7-15(12-17(20)21)25-14-4-2-1-3-5-14/h1-13,25H,(H,24,26). The van der Waals surface area contributed by atoms with E-state index < -0.39 is 5.82 Å². The van der Waals surface area contributed by atoms with Crippen molar-refractivity contribution in [2.45, 2.75) is 0 Å². The Balaban J connectivity index is 1.70. The Labute approximate surface area is 155 Å². The Morgan fingerprint density at radius 1 is 0.769 bits per heavy atom. The molecule has 0 fully saturated rings. The van der Waals surface area contributed by atoms with Crippen molar-refractivity contribution in [1.29, 1.82) is 0 Å². The van der Waals surface area contributed by atoms with E-state index >= 15 is 0 Å². The van der Waals surface area contributed by atoms with Crippen molar-refractivity contribution in [1.82, 2.24) is 4.98 Å². The molecule has 0 unspecified atom stereocenters. The molecule has 3 nitrogen and oxygen atoms in total. The highest BCUT2D eigenvalue weighted by Crippen LogP contribution is 2.30. The first kappa shape index (κ1) is 16.4. The number of halogens is 2. The minimum atomic E-state index is -0.439. The minimum Gasteiger partial charge on any atom is -0.356 e. The summed E-state index contributed by atoms with van der Waals surface area (Å²) in [5.74, 6) is -0.439. The summed E-state index contributed by atoms with van der Waals surface area (Å²) in [7, 11) is 0. The highest BCUT2D eigenvalue weighted by atomic mass is 35.5. The fourth-order valence-corrected chi connectivity index (χ4v) is 2.93. The van der Waals surface area contributed by atoms with Gasteiger partial charge in [-0.2, -0.15) is 0 Å². The summed E-state index contributed by atoms with van der Waals surface area (Å²) in [6.07, 6.45) is 1.74. The third-order valence-corrected chi connectivity index (χ3v) is 4.29. The zero-order valence-electron chi connectivity index (χ0n) is 13.7. The molecular formula is C21H15ClFN3. The van der Waals surface area contributed by atoms with Crippen LogP contribution in [0.4, 0.5) is 27.1 Å². The summed E-state index contributed by atoms with van der Waals surface area (Å²) in [6, 6.07) is 22.4. The molecule has 26 heavy (non-hydrogen) atoms. The van der Waals surface area contributed by atoms with Gasteiger partial charge in [0.1, 0.15) is 5.82 Å². The van der Waals surface area contributed by atoms with E-state index in [0.29, 0.717) is 5.69 Å². The molecular weight excluding hydrogens is 349 g/mol. The Morgan fingerprint density at radius 3 is 2.35 bits per heavy atom. The van der Waals surface area contributed by atoms with Gasteiger partial charge in [0.2, 0.25) is 0 Å². The van der Waals surface area contributed by atoms with Gasteiger partial charge in [0.25, 0.3) is 0 Å². The van der Waals surface area contributed by atoms with Crippen LogP contribution in [-0.4, -0.2) is 4.98 Å². The lowest BCUT2D eigenvalue weighted by Gasteiger charge is -2.12. The van der Waals surface area contributed by atoms with Gasteiger partial charge in [0, 0.05) is 34.3 Å². The SMILES string of the molecule is Fc1ccc(Nc2ccnc3ccc(Nc4ccccc4)cc23)cc1Cl. The van der Waals surface area contributed by atoms with E-state index in [1.54, 1.807) is 18.3 Å². The van der Waals surface area contributed by atoms with Gasteiger partial charge >= 0.3 is 0 Å². The third-order valence-electron chi connectivity index (χ3n) is 4.00. The molecule has 0 aliphatic carbocycles. The van der Waals surface area contributed by atoms with E-state index in [1.165, 1.54) is 6.07 Å². The zero-order valence-corrected chi connectivity index (χ0v) is 14.5. The number of pyridine rings is 1. The molecule has 0 atom stereocenters. The van der Waals surface area contributed by atoms with Gasteiger partial charge in [-0.15, -0.1) is 0 Å². The molecule has 0 bridgehead atoms. The molecule has 0 saturated heterocycles. The summed E-state index contributed by atoms with van der Waals surface area (Å²) in [6.45, 7) is 0. The predicted molar refractivity (Wildman–Crippen MR) is 106 cm³/mol. The van der Waals surface area contributed by atoms with E-state index in [4.69, 9.17) is 11.6 Å². The van der Waals surface area contributed by atoms with Crippen LogP contribution in [0.15, 0.2) is 79.0 Å². The smallest absolute Gasteiger partial charge is 0.141 e. The number of benzene rings is 3. The van der Waals surface area contributed by atoms with Crippen LogP contribution in [-0.2, 0) is 0 Å². The van der Waals surface area contributed by atoms with Crippen LogP contribution in [0.25, 0.3) is 10.9 Å². The maximum absolute atomic E-state index is 13.4. The molecule has 1 heterocycles. The first-order valence-electron chi connectivity index (χ1n) is 8.12. The third kappa shape index (κ3) is 3.46. The van der Waals surface area contributed by atoms with E-state index in [2.05, 4.69) is 15.6 Å². The van der Waals surface area contributed by atoms with Gasteiger partial charge in [0.15, 0.2) is 0 Å². The number of nitrogens with zero attached hydrogens (tertiary/aromatic N) is 1. The number of aromatic nitrogens is 1. The Kier molecular flexibility index (Phi) is 4.42. The van der Waals surface area contributed by atoms with Crippen LogP contribution in [0.2, 0.25) is 5.02 Å². The number of fused-ring (bicyclic) bond motifs is 1. The van der Waals surface area contributed by atoms with Gasteiger partial charge in [-0.05, 0) is 54.6 Å². The average molecular weight is 364 g/mol. The Hall–Kier alpha value is -3.11. The Morgan fingerprint density at radius 2 is 1.54 bits per heavy atom. The predicted octanol–water partition coefficient (Wildman–Crippen LogP) is 6.51. The topological polar surface area (TPSA) is 37.0 Å². The van der Waals surface area contributed by atoms with Crippen molar-refractivity contribution in [2.24, 2.45) is 0 Å². The quantitative estimate of drug-likeness (QED) is 0.433. The average Bonchev–Trinajstić information content (AvgIpc) is 2.66. The minimum absolute atomic E-state index is 0.0831. The van der Waals surface area contributed by atoms with Crippen molar-refractivity contribution in [3.8, 4) is 0 Å². The number of rotatable bonds is 4. The summed E-state index contributed by atoms with van der Waals surface area (Å²) in [5, 5.41) is 7.70. The highest BCUT2D eigenvalue weighted by molar-refractivity contribution is 6.31. The highest BCUT2D eigenvalue weighted by Gasteiger charge is 2.06. The molecule has 0 amide bonds. The second-order valence-corrected chi connectivity index (χ2v) is 6.24. The van der Waals surface area contributed by atoms with Crippen LogP contribution in [0.1, 0.15) is 0 Å². The molecule has 0 radical (unpaired) electrons. The molecule has 0 saturated carbocycles. The molecule has 1 aromatic heterocycles. The monoisotopic (exact) mass is 363 g/mol. The van der Waals surface area contributed by atoms with Gasteiger partial charge in [-0.25, -0.2) is 4.39 Å². The van der Waals surface area contributed by atoms with Gasteiger partial charge < -0.3 is 10.6 Å². The van der Waals surface area contributed by atoms with Gasteiger partial charge in [0.05, 0.1) is 10.5 Å². The number of anilines is 4. The number of hydrogen-bond acceptors (Lipinski definition) is 3. The van der Waals surface area contributed by atoms with Crippen LogP contribution in [0.3, 0.4) is 0 Å². The van der Waals surface area contributed by atoms with Crippen LogP contribution >= 0.6 is 11.6 Å². The van der Waals surface area contributed by atoms with Crippen molar-refractivity contribution < 1.29 is 4.39 Å². The van der Waals surface area contributed by atoms with Gasteiger partial charge in [-0.3, -0.25) is 4.98 Å². The number of para-hydroxylation sites is 1. The normalized spacial score (nSPS) is 10.7. The largest absolute Gasteiger partial charge is 0.356 e. The fraction of sp³-hybridized carbons (Fsp3) is 0.